The number of allylic oxidation sites excluding steroid dienone is 2. The number of fused-ring (bicyclic) bond motifs is 5. The van der Waals surface area contributed by atoms with E-state index in [0.29, 0.717) is 32.0 Å². The third-order valence-electron chi connectivity index (χ3n) is 6.30. The van der Waals surface area contributed by atoms with E-state index >= 15 is 0 Å². The van der Waals surface area contributed by atoms with Crippen LogP contribution in [0.25, 0.3) is 0 Å². The monoisotopic (exact) mass is 394 g/mol. The third kappa shape index (κ3) is 3.37. The number of guanidine groups is 1. The van der Waals surface area contributed by atoms with Gasteiger partial charge in [0.05, 0.1) is 23.3 Å². The van der Waals surface area contributed by atoms with Gasteiger partial charge < -0.3 is 10.6 Å². The van der Waals surface area contributed by atoms with Crippen LogP contribution in [0.3, 0.4) is 0 Å². The van der Waals surface area contributed by atoms with Crippen LogP contribution in [0, 0.1) is 29.6 Å². The Labute approximate surface area is 159 Å². The minimum Gasteiger partial charge on any atom is -0.356 e. The largest absolute Gasteiger partial charge is 0.356 e. The Bertz CT molecular complexity index is 776. The molecule has 0 spiro atoms. The molecule has 8 nitrogen and oxygen atoms in total. The van der Waals surface area contributed by atoms with Gasteiger partial charge in [0.2, 0.25) is 11.8 Å². The van der Waals surface area contributed by atoms with Gasteiger partial charge >= 0.3 is 0 Å². The van der Waals surface area contributed by atoms with Crippen LogP contribution in [0.4, 0.5) is 0 Å². The smallest absolute Gasteiger partial charge is 0.233 e. The summed E-state index contributed by atoms with van der Waals surface area (Å²) in [5.74, 6) is 1.18. The fourth-order valence-corrected chi connectivity index (χ4v) is 6.83. The number of rotatable bonds is 5. The fraction of sp³-hybridized carbons (Fsp3) is 0.722. The number of hydrogen-bond acceptors (Lipinski definition) is 5. The van der Waals surface area contributed by atoms with Crippen molar-refractivity contribution >= 4 is 27.6 Å². The topological polar surface area (TPSA) is 108 Å². The minimum atomic E-state index is -2.89. The van der Waals surface area contributed by atoms with Crippen molar-refractivity contribution in [1.29, 1.82) is 0 Å². The molecule has 0 radical (unpaired) electrons. The Kier molecular flexibility index (Phi) is 4.73. The van der Waals surface area contributed by atoms with E-state index in [1.165, 1.54) is 4.90 Å². The van der Waals surface area contributed by atoms with Gasteiger partial charge in [-0.3, -0.25) is 19.5 Å². The quantitative estimate of drug-likeness (QED) is 0.279. The van der Waals surface area contributed by atoms with Crippen LogP contribution >= 0.6 is 0 Å². The second-order valence-corrected chi connectivity index (χ2v) is 10.2. The zero-order valence-corrected chi connectivity index (χ0v) is 16.2. The van der Waals surface area contributed by atoms with Crippen LogP contribution in [-0.2, 0) is 19.4 Å². The molecular formula is C18H26N4O4S. The highest BCUT2D eigenvalue weighted by Gasteiger charge is 2.58. The molecule has 2 aliphatic heterocycles. The van der Waals surface area contributed by atoms with Crippen LogP contribution in [0.1, 0.15) is 12.8 Å². The van der Waals surface area contributed by atoms with Crippen LogP contribution in [0.5, 0.6) is 0 Å². The van der Waals surface area contributed by atoms with Gasteiger partial charge in [0.15, 0.2) is 15.8 Å². The molecule has 0 aromatic heterocycles. The van der Waals surface area contributed by atoms with Gasteiger partial charge in [-0.1, -0.05) is 12.2 Å². The molecule has 0 aromatic carbocycles. The van der Waals surface area contributed by atoms with E-state index in [1.54, 1.807) is 7.05 Å². The van der Waals surface area contributed by atoms with Crippen molar-refractivity contribution in [3.8, 4) is 0 Å². The van der Waals surface area contributed by atoms with Gasteiger partial charge in [0, 0.05) is 26.7 Å². The first-order chi connectivity index (χ1) is 12.9. The minimum absolute atomic E-state index is 0.0391. The lowest BCUT2D eigenvalue weighted by Crippen LogP contribution is -2.44. The molecule has 27 heavy (non-hydrogen) atoms. The molecule has 2 amide bonds. The molecule has 1 saturated carbocycles. The molecule has 2 heterocycles. The van der Waals surface area contributed by atoms with E-state index in [0.717, 1.165) is 6.42 Å². The number of carbonyl (C=O) groups excluding carboxylic acids is 2. The summed E-state index contributed by atoms with van der Waals surface area (Å²) in [5.41, 5.74) is 0. The van der Waals surface area contributed by atoms with E-state index in [2.05, 4.69) is 27.8 Å². The van der Waals surface area contributed by atoms with Crippen LogP contribution in [0.15, 0.2) is 17.1 Å². The molecule has 2 aliphatic carbocycles. The predicted octanol–water partition coefficient (Wildman–Crippen LogP) is -0.607. The number of hydrogen-bond donors (Lipinski definition) is 2. The average molecular weight is 394 g/mol. The Morgan fingerprint density at radius 1 is 1.19 bits per heavy atom. The van der Waals surface area contributed by atoms with Crippen molar-refractivity contribution in [2.24, 2.45) is 34.6 Å². The molecular weight excluding hydrogens is 368 g/mol. The molecule has 9 heteroatoms. The van der Waals surface area contributed by atoms with E-state index in [1.807, 2.05) is 0 Å². The first-order valence-corrected chi connectivity index (χ1v) is 11.4. The van der Waals surface area contributed by atoms with Crippen molar-refractivity contribution in [2.75, 3.05) is 38.2 Å². The second-order valence-electron chi connectivity index (χ2n) is 7.98. The summed E-state index contributed by atoms with van der Waals surface area (Å²) in [4.78, 5) is 30.8. The summed E-state index contributed by atoms with van der Waals surface area (Å²) in [5, 5.41) is 6.25. The Hall–Kier alpha value is -1.90. The van der Waals surface area contributed by atoms with Crippen molar-refractivity contribution < 1.29 is 18.0 Å². The van der Waals surface area contributed by atoms with Gasteiger partial charge in [-0.2, -0.15) is 0 Å². The normalized spacial score (nSPS) is 36.6. The number of sulfone groups is 1. The summed E-state index contributed by atoms with van der Waals surface area (Å²) in [6.07, 6.45) is 5.79. The van der Waals surface area contributed by atoms with Crippen molar-refractivity contribution in [1.82, 2.24) is 15.5 Å². The first kappa shape index (κ1) is 18.5. The molecule has 0 aromatic rings. The highest BCUT2D eigenvalue weighted by atomic mass is 32.2. The van der Waals surface area contributed by atoms with Crippen LogP contribution < -0.4 is 10.6 Å². The van der Waals surface area contributed by atoms with E-state index in [4.69, 9.17) is 0 Å². The SMILES string of the molecule is CN=C(NCCN1C(=O)C2C3C=CC(C3)C2C1=O)NCC1CCS(=O)(=O)C1. The van der Waals surface area contributed by atoms with Gasteiger partial charge in [-0.05, 0) is 30.6 Å². The Balaban J connectivity index is 1.24. The number of nitrogens with zero attached hydrogens (tertiary/aromatic N) is 2. The summed E-state index contributed by atoms with van der Waals surface area (Å²) in [6, 6.07) is 0. The number of carbonyl (C=O) groups is 2. The van der Waals surface area contributed by atoms with Gasteiger partial charge in [-0.15, -0.1) is 0 Å². The van der Waals surface area contributed by atoms with E-state index < -0.39 is 9.84 Å². The first-order valence-electron chi connectivity index (χ1n) is 9.58. The zero-order chi connectivity index (χ0) is 19.2. The second kappa shape index (κ2) is 6.92. The summed E-state index contributed by atoms with van der Waals surface area (Å²) < 4.78 is 23.0. The number of aliphatic imine (C=N–C) groups is 1. The maximum absolute atomic E-state index is 12.6. The molecule has 3 fully saturated rings. The lowest BCUT2D eigenvalue weighted by molar-refractivity contribution is -0.140. The van der Waals surface area contributed by atoms with Crippen LogP contribution in [-0.4, -0.2) is 69.3 Å². The highest BCUT2D eigenvalue weighted by molar-refractivity contribution is 7.91. The van der Waals surface area contributed by atoms with Crippen molar-refractivity contribution in [3.63, 3.8) is 0 Å². The Morgan fingerprint density at radius 2 is 1.85 bits per heavy atom. The maximum atomic E-state index is 12.6. The lowest BCUT2D eigenvalue weighted by atomic mass is 9.85. The van der Waals surface area contributed by atoms with Gasteiger partial charge in [-0.25, -0.2) is 8.42 Å². The van der Waals surface area contributed by atoms with E-state index in [9.17, 15) is 18.0 Å². The number of likely N-dealkylation sites (tertiary alicyclic amines) is 1. The molecule has 2 N–H and O–H groups in total. The molecule has 4 aliphatic rings. The highest BCUT2D eigenvalue weighted by Crippen LogP contribution is 2.52. The summed E-state index contributed by atoms with van der Waals surface area (Å²) in [6.45, 7) is 1.28. The number of amides is 2. The maximum Gasteiger partial charge on any atom is 0.233 e. The van der Waals surface area contributed by atoms with E-state index in [-0.39, 0.29) is 52.9 Å². The molecule has 148 valence electrons. The molecule has 2 bridgehead atoms. The van der Waals surface area contributed by atoms with Crippen molar-refractivity contribution in [3.05, 3.63) is 12.2 Å². The lowest BCUT2D eigenvalue weighted by Gasteiger charge is -2.19. The third-order valence-corrected chi connectivity index (χ3v) is 8.14. The van der Waals surface area contributed by atoms with Gasteiger partial charge in [0.1, 0.15) is 0 Å². The predicted molar refractivity (Wildman–Crippen MR) is 101 cm³/mol. The van der Waals surface area contributed by atoms with Crippen molar-refractivity contribution in [2.45, 2.75) is 12.8 Å². The number of imide groups is 1. The molecule has 4 rings (SSSR count). The summed E-state index contributed by atoms with van der Waals surface area (Å²) in [7, 11) is -1.25. The molecule has 5 unspecified atom stereocenters. The molecule has 2 saturated heterocycles. The Morgan fingerprint density at radius 3 is 2.41 bits per heavy atom. The summed E-state index contributed by atoms with van der Waals surface area (Å²) >= 11 is 0. The molecule has 5 atom stereocenters. The number of nitrogens with one attached hydrogen (secondary N) is 2. The zero-order valence-electron chi connectivity index (χ0n) is 15.4. The fourth-order valence-electron chi connectivity index (χ4n) is 4.97. The van der Waals surface area contributed by atoms with Crippen LogP contribution in [0.2, 0.25) is 0 Å². The van der Waals surface area contributed by atoms with Gasteiger partial charge in [0.25, 0.3) is 0 Å². The average Bonchev–Trinajstić information content (AvgIpc) is 3.37. The standard InChI is InChI=1S/C18H26N4O4S/c1-19-18(21-9-11-4-7-27(25,26)10-11)20-5-6-22-16(23)14-12-2-3-13(8-12)15(14)17(22)24/h2-3,11-15H,4-10H2,1H3,(H2,19,20,21).